The van der Waals surface area contributed by atoms with Gasteiger partial charge in [-0.05, 0) is 31.5 Å². The van der Waals surface area contributed by atoms with E-state index in [1.807, 2.05) is 0 Å². The fourth-order valence-electron chi connectivity index (χ4n) is 2.12. The van der Waals surface area contributed by atoms with E-state index in [0.29, 0.717) is 12.0 Å². The Hall–Kier alpha value is -1.36. The number of hydrogen-bond acceptors (Lipinski definition) is 2. The molecule has 2 rings (SSSR count). The van der Waals surface area contributed by atoms with Crippen molar-refractivity contribution in [2.75, 3.05) is 6.54 Å². The fourth-order valence-corrected chi connectivity index (χ4v) is 2.12. The van der Waals surface area contributed by atoms with Crippen molar-refractivity contribution in [3.05, 3.63) is 35.4 Å². The first kappa shape index (κ1) is 13.1. The molecule has 1 aliphatic rings. The highest BCUT2D eigenvalue weighted by molar-refractivity contribution is 5.96. The largest absolute Gasteiger partial charge is 0.416 e. The van der Waals surface area contributed by atoms with Crippen molar-refractivity contribution < 1.29 is 18.0 Å². The van der Waals surface area contributed by atoms with Gasteiger partial charge in [0.1, 0.15) is 0 Å². The summed E-state index contributed by atoms with van der Waals surface area (Å²) in [7, 11) is 0. The first-order valence-corrected chi connectivity index (χ1v) is 5.90. The van der Waals surface area contributed by atoms with Crippen LogP contribution in [0.3, 0.4) is 0 Å². The smallest absolute Gasteiger partial charge is 0.314 e. The lowest BCUT2D eigenvalue weighted by atomic mass is 10.0. The Morgan fingerprint density at radius 1 is 1.28 bits per heavy atom. The number of alkyl halides is 3. The summed E-state index contributed by atoms with van der Waals surface area (Å²) >= 11 is 0. The minimum atomic E-state index is -4.35. The van der Waals surface area contributed by atoms with Gasteiger partial charge in [0.2, 0.25) is 0 Å². The van der Waals surface area contributed by atoms with Gasteiger partial charge >= 0.3 is 6.18 Å². The fraction of sp³-hybridized carbons (Fsp3) is 0.462. The number of Topliss-reactive ketones (excluding diaryl/α,β-unsaturated/α-hetero) is 1. The molecule has 1 atom stereocenters. The molecule has 98 valence electrons. The maximum atomic E-state index is 12.4. The van der Waals surface area contributed by atoms with Crippen molar-refractivity contribution in [2.45, 2.75) is 31.5 Å². The van der Waals surface area contributed by atoms with E-state index in [-0.39, 0.29) is 11.8 Å². The van der Waals surface area contributed by atoms with E-state index in [2.05, 4.69) is 5.32 Å². The Labute approximate surface area is 103 Å². The third kappa shape index (κ3) is 3.10. The second kappa shape index (κ2) is 5.10. The number of nitrogens with one attached hydrogen (secondary N) is 1. The lowest BCUT2D eigenvalue weighted by Crippen LogP contribution is -2.24. The van der Waals surface area contributed by atoms with Crippen LogP contribution in [-0.2, 0) is 6.18 Å². The Kier molecular flexibility index (Phi) is 3.71. The van der Waals surface area contributed by atoms with Crippen LogP contribution in [-0.4, -0.2) is 18.4 Å². The highest BCUT2D eigenvalue weighted by atomic mass is 19.4. The molecule has 0 spiro atoms. The Morgan fingerprint density at radius 3 is 2.44 bits per heavy atom. The van der Waals surface area contributed by atoms with Crippen LogP contribution in [0.4, 0.5) is 13.2 Å². The van der Waals surface area contributed by atoms with E-state index in [1.165, 1.54) is 12.1 Å². The van der Waals surface area contributed by atoms with Crippen molar-refractivity contribution in [3.63, 3.8) is 0 Å². The molecular formula is C13H14F3NO. The molecule has 0 amide bonds. The van der Waals surface area contributed by atoms with Crippen molar-refractivity contribution in [1.29, 1.82) is 0 Å². The molecule has 2 nitrogen and oxygen atoms in total. The summed E-state index contributed by atoms with van der Waals surface area (Å²) < 4.78 is 37.1. The zero-order chi connectivity index (χ0) is 13.2. The number of ketones is 1. The van der Waals surface area contributed by atoms with E-state index >= 15 is 0 Å². The second-order valence-corrected chi connectivity index (χ2v) is 4.50. The van der Waals surface area contributed by atoms with Gasteiger partial charge in [-0.1, -0.05) is 12.1 Å². The Bertz CT molecular complexity index is 419. The van der Waals surface area contributed by atoms with Gasteiger partial charge in [-0.3, -0.25) is 4.79 Å². The Morgan fingerprint density at radius 2 is 1.94 bits per heavy atom. The number of benzene rings is 1. The summed E-state index contributed by atoms with van der Waals surface area (Å²) in [5, 5.41) is 3.19. The summed E-state index contributed by atoms with van der Waals surface area (Å²) in [6.07, 6.45) is -2.00. The van der Waals surface area contributed by atoms with Gasteiger partial charge in [0.25, 0.3) is 0 Å². The van der Waals surface area contributed by atoms with Crippen LogP contribution in [0.5, 0.6) is 0 Å². The molecule has 5 heteroatoms. The molecule has 1 unspecified atom stereocenters. The highest BCUT2D eigenvalue weighted by Gasteiger charge is 2.30. The van der Waals surface area contributed by atoms with E-state index in [9.17, 15) is 18.0 Å². The van der Waals surface area contributed by atoms with Crippen LogP contribution in [0, 0.1) is 0 Å². The van der Waals surface area contributed by atoms with Gasteiger partial charge in [0.15, 0.2) is 5.78 Å². The van der Waals surface area contributed by atoms with Crippen LogP contribution in [0.15, 0.2) is 24.3 Å². The monoisotopic (exact) mass is 257 g/mol. The van der Waals surface area contributed by atoms with Crippen molar-refractivity contribution in [2.24, 2.45) is 0 Å². The second-order valence-electron chi connectivity index (χ2n) is 4.50. The molecule has 0 aliphatic carbocycles. The van der Waals surface area contributed by atoms with Gasteiger partial charge in [0, 0.05) is 18.0 Å². The molecule has 0 radical (unpaired) electrons. The normalized spacial score (nSPS) is 20.1. The molecule has 1 saturated heterocycles. The van der Waals surface area contributed by atoms with Gasteiger partial charge < -0.3 is 5.32 Å². The summed E-state index contributed by atoms with van der Waals surface area (Å²) in [6.45, 7) is 0.908. The first-order chi connectivity index (χ1) is 8.47. The lowest BCUT2D eigenvalue weighted by Gasteiger charge is -2.10. The molecule has 0 aromatic heterocycles. The van der Waals surface area contributed by atoms with Crippen LogP contribution in [0.2, 0.25) is 0 Å². The van der Waals surface area contributed by atoms with Crippen LogP contribution in [0.25, 0.3) is 0 Å². The molecule has 0 saturated carbocycles. The average Bonchev–Trinajstić information content (AvgIpc) is 2.81. The zero-order valence-corrected chi connectivity index (χ0v) is 9.76. The summed E-state index contributed by atoms with van der Waals surface area (Å²) in [5.74, 6) is -0.108. The van der Waals surface area contributed by atoms with Crippen molar-refractivity contribution in [1.82, 2.24) is 5.32 Å². The van der Waals surface area contributed by atoms with E-state index in [1.54, 1.807) is 0 Å². The van der Waals surface area contributed by atoms with Crippen LogP contribution < -0.4 is 5.32 Å². The molecule has 1 N–H and O–H groups in total. The maximum Gasteiger partial charge on any atom is 0.416 e. The molecule has 1 heterocycles. The molecule has 0 bridgehead atoms. The van der Waals surface area contributed by atoms with E-state index in [4.69, 9.17) is 0 Å². The molecule has 1 aliphatic heterocycles. The van der Waals surface area contributed by atoms with E-state index in [0.717, 1.165) is 31.5 Å². The van der Waals surface area contributed by atoms with Gasteiger partial charge in [-0.25, -0.2) is 0 Å². The Balaban J connectivity index is 2.02. The summed E-state index contributed by atoms with van der Waals surface area (Å²) in [5.41, 5.74) is -0.380. The number of rotatable bonds is 3. The number of carbonyl (C=O) groups excluding carboxylic acids is 1. The van der Waals surface area contributed by atoms with Gasteiger partial charge in [-0.15, -0.1) is 0 Å². The maximum absolute atomic E-state index is 12.4. The molecule has 1 fully saturated rings. The quantitative estimate of drug-likeness (QED) is 0.843. The zero-order valence-electron chi connectivity index (χ0n) is 9.76. The summed E-state index contributed by atoms with van der Waals surface area (Å²) in [4.78, 5) is 11.8. The number of hydrogen-bond donors (Lipinski definition) is 1. The predicted molar refractivity (Wildman–Crippen MR) is 61.4 cm³/mol. The highest BCUT2D eigenvalue weighted by Crippen LogP contribution is 2.29. The number of halogens is 3. The van der Waals surface area contributed by atoms with Crippen LogP contribution >= 0.6 is 0 Å². The SMILES string of the molecule is O=C(CC1CCCN1)c1ccc(C(F)(F)F)cc1. The van der Waals surface area contributed by atoms with Crippen LogP contribution in [0.1, 0.15) is 35.2 Å². The average molecular weight is 257 g/mol. The standard InChI is InChI=1S/C13H14F3NO/c14-13(15,16)10-5-3-9(4-6-10)12(18)8-11-2-1-7-17-11/h3-6,11,17H,1-2,7-8H2. The van der Waals surface area contributed by atoms with Gasteiger partial charge in [-0.2, -0.15) is 13.2 Å². The van der Waals surface area contributed by atoms with Gasteiger partial charge in [0.05, 0.1) is 5.56 Å². The first-order valence-electron chi connectivity index (χ1n) is 5.90. The molecular weight excluding hydrogens is 243 g/mol. The predicted octanol–water partition coefficient (Wildman–Crippen LogP) is 3.03. The van der Waals surface area contributed by atoms with Crippen molar-refractivity contribution in [3.8, 4) is 0 Å². The molecule has 18 heavy (non-hydrogen) atoms. The molecule has 1 aromatic carbocycles. The van der Waals surface area contributed by atoms with Crippen molar-refractivity contribution >= 4 is 5.78 Å². The lowest BCUT2D eigenvalue weighted by molar-refractivity contribution is -0.137. The minimum Gasteiger partial charge on any atom is -0.314 e. The third-order valence-corrected chi connectivity index (χ3v) is 3.13. The minimum absolute atomic E-state index is 0.108. The number of carbonyl (C=O) groups is 1. The third-order valence-electron chi connectivity index (χ3n) is 3.13. The topological polar surface area (TPSA) is 29.1 Å². The molecule has 1 aromatic rings. The summed E-state index contributed by atoms with van der Waals surface area (Å²) in [6, 6.07) is 4.57. The van der Waals surface area contributed by atoms with E-state index < -0.39 is 11.7 Å².